The van der Waals surface area contributed by atoms with Gasteiger partial charge in [0, 0.05) is 6.08 Å². The van der Waals surface area contributed by atoms with Gasteiger partial charge in [0.25, 0.3) is 0 Å². The smallest absolute Gasteiger partial charge is 0.203 e. The molecule has 0 saturated carbocycles. The van der Waals surface area contributed by atoms with E-state index >= 15 is 0 Å². The van der Waals surface area contributed by atoms with Gasteiger partial charge < -0.3 is 4.74 Å². The molecule has 0 aliphatic carbocycles. The van der Waals surface area contributed by atoms with Crippen molar-refractivity contribution in [2.45, 2.75) is 6.42 Å². The Balaban J connectivity index is 2.51. The number of carbonyl (C=O) groups excluding carboxylic acids is 1. The molecule has 0 atom stereocenters. The van der Waals surface area contributed by atoms with Crippen molar-refractivity contribution in [2.24, 2.45) is 0 Å². The summed E-state index contributed by atoms with van der Waals surface area (Å²) in [5.41, 5.74) is 0. The Morgan fingerprint density at radius 1 is 1.86 bits per heavy atom. The molecule has 0 aromatic carbocycles. The normalized spacial score (nSPS) is 19.1. The van der Waals surface area contributed by atoms with Crippen LogP contribution < -0.4 is 0 Å². The molecule has 1 heterocycles. The summed E-state index contributed by atoms with van der Waals surface area (Å²) in [7, 11) is 0. The topological polar surface area (TPSA) is 26.3 Å². The van der Waals surface area contributed by atoms with E-state index in [1.165, 1.54) is 12.3 Å². The predicted octanol–water partition coefficient (Wildman–Crippen LogP) is 0.528. The van der Waals surface area contributed by atoms with Gasteiger partial charge in [-0.3, -0.25) is 4.79 Å². The van der Waals surface area contributed by atoms with Crippen LogP contribution >= 0.6 is 0 Å². The Morgan fingerprint density at radius 2 is 2.71 bits per heavy atom. The quantitative estimate of drug-likeness (QED) is 0.439. The van der Waals surface area contributed by atoms with Gasteiger partial charge in [0.15, 0.2) is 5.78 Å². The minimum absolute atomic E-state index is 0.0475. The first-order valence-electron chi connectivity index (χ1n) is 1.97. The third kappa shape index (κ3) is 1.03. The van der Waals surface area contributed by atoms with Crippen LogP contribution in [0.15, 0.2) is 12.3 Å². The average Bonchev–Trinajstić information content (AvgIpc) is 1.69. The van der Waals surface area contributed by atoms with Crippen LogP contribution in [0.2, 0.25) is 0 Å². The van der Waals surface area contributed by atoms with E-state index in [9.17, 15) is 4.79 Å². The van der Waals surface area contributed by atoms with Crippen LogP contribution in [-0.2, 0) is 9.53 Å². The van der Waals surface area contributed by atoms with Gasteiger partial charge >= 0.3 is 0 Å². The monoisotopic (exact) mass is 96.0 g/mol. The van der Waals surface area contributed by atoms with E-state index in [-0.39, 0.29) is 12.2 Å². The summed E-state index contributed by atoms with van der Waals surface area (Å²) in [6.45, 7) is 2.40. The summed E-state index contributed by atoms with van der Waals surface area (Å²) in [5, 5.41) is 0. The van der Waals surface area contributed by atoms with E-state index in [4.69, 9.17) is 0 Å². The molecule has 0 aromatic heterocycles. The zero-order valence-electron chi connectivity index (χ0n) is 3.68. The number of rotatable bonds is 0. The zero-order valence-corrected chi connectivity index (χ0v) is 3.68. The van der Waals surface area contributed by atoms with Crippen molar-refractivity contribution in [3.05, 3.63) is 18.9 Å². The van der Waals surface area contributed by atoms with Crippen LogP contribution in [-0.4, -0.2) is 5.78 Å². The minimum atomic E-state index is 0.0475. The van der Waals surface area contributed by atoms with Crippen LogP contribution in [0.1, 0.15) is 6.42 Å². The van der Waals surface area contributed by atoms with Crippen molar-refractivity contribution >= 4 is 5.78 Å². The van der Waals surface area contributed by atoms with E-state index < -0.39 is 0 Å². The number of allylic oxidation sites excluding steroid dienone is 1. The van der Waals surface area contributed by atoms with Crippen molar-refractivity contribution in [1.29, 1.82) is 0 Å². The molecule has 7 heavy (non-hydrogen) atoms. The molecule has 0 N–H and O–H groups in total. The maximum Gasteiger partial charge on any atom is 0.203 e. The predicted molar refractivity (Wildman–Crippen MR) is 23.1 cm³/mol. The summed E-state index contributed by atoms with van der Waals surface area (Å²) in [6.07, 6.45) is 3.00. The molecule has 0 aromatic rings. The lowest BCUT2D eigenvalue weighted by molar-refractivity contribution is -0.115. The number of carbonyl (C=O) groups is 1. The van der Waals surface area contributed by atoms with Crippen molar-refractivity contribution in [1.82, 2.24) is 0 Å². The van der Waals surface area contributed by atoms with Gasteiger partial charge in [-0.2, -0.15) is 0 Å². The van der Waals surface area contributed by atoms with E-state index in [0.29, 0.717) is 0 Å². The summed E-state index contributed by atoms with van der Waals surface area (Å²) in [4.78, 5) is 10.2. The first-order chi connectivity index (χ1) is 3.39. The molecule has 1 aliphatic rings. The van der Waals surface area contributed by atoms with Crippen molar-refractivity contribution < 1.29 is 9.53 Å². The lowest BCUT2D eigenvalue weighted by Crippen LogP contribution is -1.98. The summed E-state index contributed by atoms with van der Waals surface area (Å²) in [6, 6.07) is 0. The van der Waals surface area contributed by atoms with Crippen molar-refractivity contribution in [2.75, 3.05) is 0 Å². The maximum atomic E-state index is 10.2. The minimum Gasteiger partial charge on any atom is -0.485 e. The summed E-state index contributed by atoms with van der Waals surface area (Å²) >= 11 is 0. The van der Waals surface area contributed by atoms with Crippen LogP contribution in [0.5, 0.6) is 0 Å². The van der Waals surface area contributed by atoms with Gasteiger partial charge in [-0.15, -0.1) is 0 Å². The second kappa shape index (κ2) is 1.78. The average molecular weight is 96.1 g/mol. The molecular formula is C5H4O2. The van der Waals surface area contributed by atoms with Crippen molar-refractivity contribution in [3.63, 3.8) is 0 Å². The van der Waals surface area contributed by atoms with E-state index in [0.717, 1.165) is 0 Å². The molecule has 2 nitrogen and oxygen atoms in total. The Bertz CT molecular complexity index is 105. The Morgan fingerprint density at radius 3 is 3.00 bits per heavy atom. The Kier molecular flexibility index (Phi) is 1.11. The van der Waals surface area contributed by atoms with Crippen molar-refractivity contribution in [3.8, 4) is 0 Å². The molecule has 0 unspecified atom stereocenters. The molecule has 0 bridgehead atoms. The molecule has 0 amide bonds. The number of hydrogen-bond donors (Lipinski definition) is 0. The van der Waals surface area contributed by atoms with E-state index in [2.05, 4.69) is 11.3 Å². The number of ketones is 1. The van der Waals surface area contributed by atoms with Gasteiger partial charge in [0.1, 0.15) is 0 Å². The second-order valence-corrected chi connectivity index (χ2v) is 1.21. The fourth-order valence-electron chi connectivity index (χ4n) is 0.330. The fraction of sp³-hybridized carbons (Fsp3) is 0.200. The van der Waals surface area contributed by atoms with Gasteiger partial charge in [0.05, 0.1) is 12.7 Å². The van der Waals surface area contributed by atoms with E-state index in [1.54, 1.807) is 0 Å². The molecular weight excluding hydrogens is 92.1 g/mol. The highest BCUT2D eigenvalue weighted by Crippen LogP contribution is 1.99. The lowest BCUT2D eigenvalue weighted by atomic mass is 10.3. The molecule has 0 saturated heterocycles. The molecule has 0 fully saturated rings. The molecule has 36 valence electrons. The number of hydrogen-bond acceptors (Lipinski definition) is 2. The lowest BCUT2D eigenvalue weighted by Gasteiger charge is -1.98. The largest absolute Gasteiger partial charge is 0.485 e. The van der Waals surface area contributed by atoms with E-state index in [1.807, 2.05) is 0 Å². The first-order valence-corrected chi connectivity index (χ1v) is 1.97. The Labute approximate surface area is 41.8 Å². The van der Waals surface area contributed by atoms with Crippen LogP contribution in [0.25, 0.3) is 0 Å². The molecule has 1 aliphatic heterocycles. The van der Waals surface area contributed by atoms with Gasteiger partial charge in [0.2, 0.25) is 6.61 Å². The van der Waals surface area contributed by atoms with Crippen LogP contribution in [0.3, 0.4) is 0 Å². The summed E-state index contributed by atoms with van der Waals surface area (Å²) < 4.78 is 4.49. The SMILES string of the molecule is O=C1C=CO[C]C1. The standard InChI is InChI=1S/C5H4O2/c6-5-1-3-7-4-2-5/h1,3H,2H2. The molecule has 2 radical (unpaired) electrons. The third-order valence-corrected chi connectivity index (χ3v) is 0.652. The Hall–Kier alpha value is -0.790. The second-order valence-electron chi connectivity index (χ2n) is 1.21. The summed E-state index contributed by atoms with van der Waals surface area (Å²) in [5.74, 6) is 0.0475. The van der Waals surface area contributed by atoms with Gasteiger partial charge in [-0.25, -0.2) is 0 Å². The van der Waals surface area contributed by atoms with Crippen LogP contribution in [0, 0.1) is 6.61 Å². The highest BCUT2D eigenvalue weighted by atomic mass is 16.5. The molecule has 1 rings (SSSR count). The molecule has 0 spiro atoms. The maximum absolute atomic E-state index is 10.2. The van der Waals surface area contributed by atoms with Gasteiger partial charge in [-0.1, -0.05) is 0 Å². The third-order valence-electron chi connectivity index (χ3n) is 0.652. The highest BCUT2D eigenvalue weighted by Gasteiger charge is 2.01. The number of ether oxygens (including phenoxy) is 1. The first kappa shape index (κ1) is 4.37. The highest BCUT2D eigenvalue weighted by molar-refractivity contribution is 5.90. The fourth-order valence-corrected chi connectivity index (χ4v) is 0.330. The molecule has 2 heteroatoms. The van der Waals surface area contributed by atoms with Crippen LogP contribution in [0.4, 0.5) is 0 Å². The zero-order chi connectivity index (χ0) is 5.11. The van der Waals surface area contributed by atoms with Gasteiger partial charge in [-0.05, 0) is 0 Å².